The van der Waals surface area contributed by atoms with E-state index in [1.54, 1.807) is 0 Å². The maximum atomic E-state index is 5.46. The van der Waals surface area contributed by atoms with Gasteiger partial charge in [-0.15, -0.1) is 0 Å². The normalized spacial score (nSPS) is 27.3. The average molecular weight is 158 g/mol. The largest absolute Gasteiger partial charge is 0.381 e. The second kappa shape index (κ2) is 4.70. The molecule has 3 N–H and O–H groups in total. The van der Waals surface area contributed by atoms with Crippen molar-refractivity contribution in [2.24, 2.45) is 11.7 Å². The molecule has 1 unspecified atom stereocenters. The first-order chi connectivity index (χ1) is 5.33. The van der Waals surface area contributed by atoms with Gasteiger partial charge in [-0.05, 0) is 19.3 Å². The van der Waals surface area contributed by atoms with E-state index in [0.717, 1.165) is 19.8 Å². The highest BCUT2D eigenvalue weighted by Gasteiger charge is 2.15. The lowest BCUT2D eigenvalue weighted by atomic mass is 10.1. The number of hydrogen-bond donors (Lipinski definition) is 2. The Kier molecular flexibility index (Phi) is 3.83. The molecule has 3 heteroatoms. The summed E-state index contributed by atoms with van der Waals surface area (Å²) in [5.74, 6) is 0.712. The Morgan fingerprint density at radius 3 is 3.09 bits per heavy atom. The lowest BCUT2D eigenvalue weighted by molar-refractivity contribution is 0.184. The third kappa shape index (κ3) is 3.18. The molecule has 0 aliphatic carbocycles. The standard InChI is InChI=1S/C8H18N2O/c1-7(4-9)10-5-8-2-3-11-6-8/h7-8,10H,2-6,9H2,1H3/t7-,8?/m0/s1. The van der Waals surface area contributed by atoms with Crippen LogP contribution in [-0.2, 0) is 4.74 Å². The van der Waals surface area contributed by atoms with Crippen LogP contribution >= 0.6 is 0 Å². The zero-order valence-electron chi connectivity index (χ0n) is 7.18. The lowest BCUT2D eigenvalue weighted by Gasteiger charge is -2.13. The van der Waals surface area contributed by atoms with Crippen LogP contribution in [0.2, 0.25) is 0 Å². The monoisotopic (exact) mass is 158 g/mol. The first-order valence-electron chi connectivity index (χ1n) is 4.34. The van der Waals surface area contributed by atoms with Gasteiger partial charge >= 0.3 is 0 Å². The summed E-state index contributed by atoms with van der Waals surface area (Å²) in [7, 11) is 0. The van der Waals surface area contributed by atoms with Gasteiger partial charge in [0.2, 0.25) is 0 Å². The Hall–Kier alpha value is -0.120. The van der Waals surface area contributed by atoms with Crippen molar-refractivity contribution in [2.75, 3.05) is 26.3 Å². The molecule has 1 aliphatic rings. The van der Waals surface area contributed by atoms with E-state index in [2.05, 4.69) is 12.2 Å². The third-order valence-electron chi connectivity index (χ3n) is 2.13. The fraction of sp³-hybridized carbons (Fsp3) is 1.00. The Balaban J connectivity index is 2.01. The summed E-state index contributed by atoms with van der Waals surface area (Å²) in [6, 6.07) is 0.440. The summed E-state index contributed by atoms with van der Waals surface area (Å²) in [4.78, 5) is 0. The Bertz CT molecular complexity index is 102. The Morgan fingerprint density at radius 1 is 1.73 bits per heavy atom. The van der Waals surface area contributed by atoms with Gasteiger partial charge in [0, 0.05) is 25.7 Å². The highest BCUT2D eigenvalue weighted by atomic mass is 16.5. The molecule has 1 rings (SSSR count). The van der Waals surface area contributed by atoms with Gasteiger partial charge in [0.25, 0.3) is 0 Å². The van der Waals surface area contributed by atoms with E-state index in [9.17, 15) is 0 Å². The molecule has 3 nitrogen and oxygen atoms in total. The molecule has 1 aliphatic heterocycles. The molecule has 11 heavy (non-hydrogen) atoms. The van der Waals surface area contributed by atoms with E-state index in [1.807, 2.05) is 0 Å². The molecule has 0 spiro atoms. The molecule has 0 amide bonds. The quantitative estimate of drug-likeness (QED) is 0.603. The number of rotatable bonds is 4. The van der Waals surface area contributed by atoms with Crippen LogP contribution in [0, 0.1) is 5.92 Å². The van der Waals surface area contributed by atoms with E-state index in [4.69, 9.17) is 10.5 Å². The minimum absolute atomic E-state index is 0.440. The average Bonchev–Trinajstić information content (AvgIpc) is 2.52. The van der Waals surface area contributed by atoms with Crippen LogP contribution in [0.1, 0.15) is 13.3 Å². The lowest BCUT2D eigenvalue weighted by Crippen LogP contribution is -2.36. The minimum Gasteiger partial charge on any atom is -0.381 e. The van der Waals surface area contributed by atoms with Crippen LogP contribution in [-0.4, -0.2) is 32.3 Å². The molecule has 1 heterocycles. The maximum Gasteiger partial charge on any atom is 0.0507 e. The molecule has 0 bridgehead atoms. The highest BCUT2D eigenvalue weighted by molar-refractivity contribution is 4.69. The summed E-state index contributed by atoms with van der Waals surface area (Å²) in [5, 5.41) is 3.37. The van der Waals surface area contributed by atoms with E-state index < -0.39 is 0 Å². The minimum atomic E-state index is 0.440. The van der Waals surface area contributed by atoms with Gasteiger partial charge in [-0.25, -0.2) is 0 Å². The Labute approximate surface area is 68.3 Å². The van der Waals surface area contributed by atoms with Crippen molar-refractivity contribution in [3.05, 3.63) is 0 Å². The molecular weight excluding hydrogens is 140 g/mol. The summed E-state index contributed by atoms with van der Waals surface area (Å²) in [6.45, 7) is 5.73. The molecule has 1 fully saturated rings. The fourth-order valence-electron chi connectivity index (χ4n) is 1.20. The van der Waals surface area contributed by atoms with Crippen LogP contribution in [0.5, 0.6) is 0 Å². The van der Waals surface area contributed by atoms with Crippen LogP contribution < -0.4 is 11.1 Å². The molecular formula is C8H18N2O. The van der Waals surface area contributed by atoms with Crippen molar-refractivity contribution in [1.82, 2.24) is 5.32 Å². The Morgan fingerprint density at radius 2 is 2.55 bits per heavy atom. The predicted molar refractivity (Wildman–Crippen MR) is 45.4 cm³/mol. The molecule has 2 atom stereocenters. The van der Waals surface area contributed by atoms with E-state index in [-0.39, 0.29) is 0 Å². The van der Waals surface area contributed by atoms with Crippen molar-refractivity contribution >= 4 is 0 Å². The summed E-state index contributed by atoms with van der Waals surface area (Å²) in [6.07, 6.45) is 1.20. The number of nitrogens with two attached hydrogens (primary N) is 1. The van der Waals surface area contributed by atoms with Crippen LogP contribution in [0.25, 0.3) is 0 Å². The van der Waals surface area contributed by atoms with Gasteiger partial charge in [0.15, 0.2) is 0 Å². The summed E-state index contributed by atoms with van der Waals surface area (Å²) >= 11 is 0. The summed E-state index contributed by atoms with van der Waals surface area (Å²) in [5.41, 5.74) is 5.46. The topological polar surface area (TPSA) is 47.3 Å². The van der Waals surface area contributed by atoms with Crippen molar-refractivity contribution in [3.63, 3.8) is 0 Å². The highest BCUT2D eigenvalue weighted by Crippen LogP contribution is 2.10. The van der Waals surface area contributed by atoms with E-state index in [0.29, 0.717) is 18.5 Å². The zero-order valence-corrected chi connectivity index (χ0v) is 7.18. The number of nitrogens with one attached hydrogen (secondary N) is 1. The first-order valence-corrected chi connectivity index (χ1v) is 4.34. The molecule has 0 saturated carbocycles. The van der Waals surface area contributed by atoms with Crippen LogP contribution in [0.15, 0.2) is 0 Å². The van der Waals surface area contributed by atoms with Gasteiger partial charge in [0.05, 0.1) is 6.61 Å². The fourth-order valence-corrected chi connectivity index (χ4v) is 1.20. The SMILES string of the molecule is C[C@@H](CN)NCC1CCOC1. The van der Waals surface area contributed by atoms with Crippen molar-refractivity contribution in [3.8, 4) is 0 Å². The molecule has 0 aromatic heterocycles. The van der Waals surface area contributed by atoms with Crippen molar-refractivity contribution in [2.45, 2.75) is 19.4 Å². The smallest absolute Gasteiger partial charge is 0.0507 e. The molecule has 0 aromatic carbocycles. The van der Waals surface area contributed by atoms with Crippen molar-refractivity contribution < 1.29 is 4.74 Å². The predicted octanol–water partition coefficient (Wildman–Crippen LogP) is -0.0403. The molecule has 1 saturated heterocycles. The third-order valence-corrected chi connectivity index (χ3v) is 2.13. The van der Waals surface area contributed by atoms with E-state index >= 15 is 0 Å². The van der Waals surface area contributed by atoms with Gasteiger partial charge in [0.1, 0.15) is 0 Å². The second-order valence-corrected chi connectivity index (χ2v) is 3.27. The second-order valence-electron chi connectivity index (χ2n) is 3.27. The van der Waals surface area contributed by atoms with Gasteiger partial charge in [-0.1, -0.05) is 0 Å². The van der Waals surface area contributed by atoms with Crippen LogP contribution in [0.3, 0.4) is 0 Å². The summed E-state index contributed by atoms with van der Waals surface area (Å²) < 4.78 is 5.25. The molecule has 66 valence electrons. The van der Waals surface area contributed by atoms with Crippen molar-refractivity contribution in [1.29, 1.82) is 0 Å². The van der Waals surface area contributed by atoms with Gasteiger partial charge in [-0.2, -0.15) is 0 Å². The van der Waals surface area contributed by atoms with Gasteiger partial charge < -0.3 is 15.8 Å². The molecule has 0 radical (unpaired) electrons. The number of hydrogen-bond acceptors (Lipinski definition) is 3. The zero-order chi connectivity index (χ0) is 8.10. The van der Waals surface area contributed by atoms with Crippen LogP contribution in [0.4, 0.5) is 0 Å². The first kappa shape index (κ1) is 8.97. The van der Waals surface area contributed by atoms with E-state index in [1.165, 1.54) is 6.42 Å². The van der Waals surface area contributed by atoms with Gasteiger partial charge in [-0.3, -0.25) is 0 Å². The maximum absolute atomic E-state index is 5.46. The molecule has 0 aromatic rings. The number of ether oxygens (including phenoxy) is 1.